The van der Waals surface area contributed by atoms with Gasteiger partial charge < -0.3 is 19.3 Å². The van der Waals surface area contributed by atoms with Crippen LogP contribution in [0.5, 0.6) is 11.5 Å². The number of rotatable bonds is 4. The number of ether oxygens (including phenoxy) is 3. The van der Waals surface area contributed by atoms with Crippen molar-refractivity contribution < 1.29 is 24.1 Å². The Kier molecular flexibility index (Phi) is 4.33. The van der Waals surface area contributed by atoms with E-state index >= 15 is 0 Å². The van der Waals surface area contributed by atoms with E-state index in [4.69, 9.17) is 14.2 Å². The highest BCUT2D eigenvalue weighted by atomic mass is 16.7. The second-order valence-corrected chi connectivity index (χ2v) is 7.16. The quantitative estimate of drug-likeness (QED) is 0.670. The lowest BCUT2D eigenvalue weighted by atomic mass is 9.83. The summed E-state index contributed by atoms with van der Waals surface area (Å²) in [5.74, 6) is 0.598. The molecule has 1 aliphatic heterocycles. The van der Waals surface area contributed by atoms with Gasteiger partial charge in [-0.25, -0.2) is 4.79 Å². The standard InChI is InChI=1S/C25H20O5/c1-2-28-24(26)23-22(16-8-4-3-5-9-16)18-10-6-7-11-19(18)25(23,27)17-12-13-20-21(14-17)30-15-29-20/h3-14,27H,2,15H2,1H3. The maximum Gasteiger partial charge on any atom is 0.338 e. The van der Waals surface area contributed by atoms with Crippen molar-refractivity contribution in [3.8, 4) is 11.5 Å². The molecule has 5 heteroatoms. The van der Waals surface area contributed by atoms with Crippen LogP contribution in [0.15, 0.2) is 78.4 Å². The highest BCUT2D eigenvalue weighted by molar-refractivity contribution is 6.08. The minimum Gasteiger partial charge on any atom is -0.463 e. The van der Waals surface area contributed by atoms with Crippen molar-refractivity contribution in [3.05, 3.63) is 101 Å². The average molecular weight is 400 g/mol. The maximum atomic E-state index is 13.2. The molecule has 1 unspecified atom stereocenters. The smallest absolute Gasteiger partial charge is 0.338 e. The van der Waals surface area contributed by atoms with Crippen molar-refractivity contribution in [2.24, 2.45) is 0 Å². The van der Waals surface area contributed by atoms with Crippen LogP contribution in [-0.2, 0) is 15.1 Å². The fourth-order valence-electron chi connectivity index (χ4n) is 4.25. The predicted molar refractivity (Wildman–Crippen MR) is 111 cm³/mol. The van der Waals surface area contributed by atoms with Gasteiger partial charge in [0.05, 0.1) is 12.2 Å². The van der Waals surface area contributed by atoms with Crippen LogP contribution in [0.1, 0.15) is 29.2 Å². The Labute approximate surface area is 174 Å². The Hall–Kier alpha value is -3.57. The van der Waals surface area contributed by atoms with Crippen molar-refractivity contribution in [1.82, 2.24) is 0 Å². The van der Waals surface area contributed by atoms with Gasteiger partial charge in [0.15, 0.2) is 11.5 Å². The van der Waals surface area contributed by atoms with Gasteiger partial charge >= 0.3 is 5.97 Å². The van der Waals surface area contributed by atoms with Crippen molar-refractivity contribution in [2.45, 2.75) is 12.5 Å². The number of aliphatic hydroxyl groups is 1. The van der Waals surface area contributed by atoms with Gasteiger partial charge in [-0.05, 0) is 35.7 Å². The lowest BCUT2D eigenvalue weighted by Crippen LogP contribution is -2.32. The van der Waals surface area contributed by atoms with E-state index in [2.05, 4.69) is 0 Å². The topological polar surface area (TPSA) is 65.0 Å². The Balaban J connectivity index is 1.82. The zero-order valence-electron chi connectivity index (χ0n) is 16.4. The molecule has 0 fully saturated rings. The molecule has 3 aromatic rings. The highest BCUT2D eigenvalue weighted by Crippen LogP contribution is 2.52. The van der Waals surface area contributed by atoms with Crippen molar-refractivity contribution >= 4 is 11.5 Å². The van der Waals surface area contributed by atoms with E-state index < -0.39 is 11.6 Å². The molecule has 0 aromatic heterocycles. The third kappa shape index (κ3) is 2.63. The summed E-state index contributed by atoms with van der Waals surface area (Å²) < 4.78 is 16.3. The predicted octanol–water partition coefficient (Wildman–Crippen LogP) is 4.03. The van der Waals surface area contributed by atoms with Gasteiger partial charge in [0.25, 0.3) is 0 Å². The SMILES string of the molecule is CCOC(=O)C1=C(c2ccccc2)c2ccccc2C1(O)c1ccc2c(c1)OCO2. The second kappa shape index (κ2) is 7.04. The van der Waals surface area contributed by atoms with Gasteiger partial charge in [0.2, 0.25) is 6.79 Å². The molecule has 0 bridgehead atoms. The highest BCUT2D eigenvalue weighted by Gasteiger charge is 2.49. The Morgan fingerprint density at radius 1 is 1.00 bits per heavy atom. The molecule has 5 rings (SSSR count). The molecule has 3 aromatic carbocycles. The summed E-state index contributed by atoms with van der Waals surface area (Å²) in [4.78, 5) is 13.2. The third-order valence-corrected chi connectivity index (χ3v) is 5.53. The van der Waals surface area contributed by atoms with Gasteiger partial charge in [-0.3, -0.25) is 0 Å². The molecule has 0 amide bonds. The average Bonchev–Trinajstić information content (AvgIpc) is 3.35. The van der Waals surface area contributed by atoms with Crippen LogP contribution in [0.25, 0.3) is 5.57 Å². The molecule has 1 N–H and O–H groups in total. The van der Waals surface area contributed by atoms with Gasteiger partial charge in [0, 0.05) is 11.1 Å². The van der Waals surface area contributed by atoms with E-state index in [-0.39, 0.29) is 19.0 Å². The molecule has 0 spiro atoms. The Bertz CT molecular complexity index is 1170. The van der Waals surface area contributed by atoms with Gasteiger partial charge in [-0.2, -0.15) is 0 Å². The molecular formula is C25H20O5. The first kappa shape index (κ1) is 18.5. The number of hydrogen-bond acceptors (Lipinski definition) is 5. The number of esters is 1. The zero-order chi connectivity index (χ0) is 20.7. The Morgan fingerprint density at radius 2 is 1.73 bits per heavy atom. The summed E-state index contributed by atoms with van der Waals surface area (Å²) in [5.41, 5.74) is 1.98. The van der Waals surface area contributed by atoms with E-state index in [0.717, 1.165) is 11.1 Å². The van der Waals surface area contributed by atoms with Crippen LogP contribution in [0.2, 0.25) is 0 Å². The lowest BCUT2D eigenvalue weighted by molar-refractivity contribution is -0.140. The molecule has 1 aliphatic carbocycles. The van der Waals surface area contributed by atoms with Gasteiger partial charge in [0.1, 0.15) is 5.60 Å². The first-order valence-electron chi connectivity index (χ1n) is 9.84. The van der Waals surface area contributed by atoms with Crippen LogP contribution in [0.3, 0.4) is 0 Å². The second-order valence-electron chi connectivity index (χ2n) is 7.16. The summed E-state index contributed by atoms with van der Waals surface area (Å²) in [6.45, 7) is 2.09. The van der Waals surface area contributed by atoms with Crippen molar-refractivity contribution in [2.75, 3.05) is 13.4 Å². The molecule has 150 valence electrons. The van der Waals surface area contributed by atoms with Gasteiger partial charge in [-0.1, -0.05) is 60.7 Å². The largest absolute Gasteiger partial charge is 0.463 e. The first-order chi connectivity index (χ1) is 14.6. The van der Waals surface area contributed by atoms with Crippen LogP contribution in [-0.4, -0.2) is 24.5 Å². The van der Waals surface area contributed by atoms with E-state index in [0.29, 0.717) is 28.2 Å². The summed E-state index contributed by atoms with van der Waals surface area (Å²) >= 11 is 0. The van der Waals surface area contributed by atoms with E-state index in [1.807, 2.05) is 54.6 Å². The van der Waals surface area contributed by atoms with E-state index in [1.54, 1.807) is 25.1 Å². The van der Waals surface area contributed by atoms with E-state index in [1.165, 1.54) is 0 Å². The summed E-state index contributed by atoms with van der Waals surface area (Å²) in [5, 5.41) is 12.2. The van der Waals surface area contributed by atoms with Crippen LogP contribution < -0.4 is 9.47 Å². The van der Waals surface area contributed by atoms with Crippen LogP contribution in [0.4, 0.5) is 0 Å². The third-order valence-electron chi connectivity index (χ3n) is 5.53. The molecule has 1 heterocycles. The molecule has 30 heavy (non-hydrogen) atoms. The molecule has 1 atom stereocenters. The molecule has 5 nitrogen and oxygen atoms in total. The number of fused-ring (bicyclic) bond motifs is 2. The summed E-state index contributed by atoms with van der Waals surface area (Å²) in [7, 11) is 0. The molecular weight excluding hydrogens is 380 g/mol. The van der Waals surface area contributed by atoms with Crippen molar-refractivity contribution in [3.63, 3.8) is 0 Å². The number of hydrogen-bond donors (Lipinski definition) is 1. The fourth-order valence-corrected chi connectivity index (χ4v) is 4.25. The maximum absolute atomic E-state index is 13.2. The fraction of sp³-hybridized carbons (Fsp3) is 0.160. The number of benzene rings is 3. The minimum absolute atomic E-state index is 0.129. The summed E-state index contributed by atoms with van der Waals surface area (Å²) in [6, 6.07) is 22.3. The number of carbonyl (C=O) groups excluding carboxylic acids is 1. The van der Waals surface area contributed by atoms with Gasteiger partial charge in [-0.15, -0.1) is 0 Å². The van der Waals surface area contributed by atoms with E-state index in [9.17, 15) is 9.90 Å². The molecule has 2 aliphatic rings. The lowest BCUT2D eigenvalue weighted by Gasteiger charge is -2.28. The van der Waals surface area contributed by atoms with Crippen molar-refractivity contribution in [1.29, 1.82) is 0 Å². The van der Waals surface area contributed by atoms with Crippen LogP contribution in [0, 0.1) is 0 Å². The minimum atomic E-state index is -1.69. The zero-order valence-corrected chi connectivity index (χ0v) is 16.4. The Morgan fingerprint density at radius 3 is 2.53 bits per heavy atom. The monoisotopic (exact) mass is 400 g/mol. The number of carbonyl (C=O) groups is 1. The molecule has 0 radical (unpaired) electrons. The summed E-state index contributed by atoms with van der Waals surface area (Å²) in [6.07, 6.45) is 0. The first-order valence-corrected chi connectivity index (χ1v) is 9.84. The molecule has 0 saturated carbocycles. The normalized spacial score (nSPS) is 19.0. The van der Waals surface area contributed by atoms with Crippen LogP contribution >= 0.6 is 0 Å². The molecule has 0 saturated heterocycles.